The van der Waals surface area contributed by atoms with Gasteiger partial charge in [-0.05, 0) is 68.1 Å². The highest BCUT2D eigenvalue weighted by atomic mass is 79.9. The number of hydrogen-bond donors (Lipinski definition) is 2. The van der Waals surface area contributed by atoms with Gasteiger partial charge in [0.05, 0.1) is 15.7 Å². The van der Waals surface area contributed by atoms with Gasteiger partial charge in [-0.2, -0.15) is 0 Å². The maximum atomic E-state index is 11.8. The van der Waals surface area contributed by atoms with Gasteiger partial charge in [0.2, 0.25) is 0 Å². The predicted octanol–water partition coefficient (Wildman–Crippen LogP) is 5.61. The normalized spacial score (nSPS) is 21.1. The molecule has 23 heavy (non-hydrogen) atoms. The number of rotatable bonds is 3. The van der Waals surface area contributed by atoms with Gasteiger partial charge in [-0.3, -0.25) is 0 Å². The fourth-order valence-electron chi connectivity index (χ4n) is 2.58. The lowest BCUT2D eigenvalue weighted by molar-refractivity contribution is 0.0505. The number of halogens is 3. The summed E-state index contributed by atoms with van der Waals surface area (Å²) >= 11 is 15.7. The Balaban J connectivity index is 1.89. The van der Waals surface area contributed by atoms with Gasteiger partial charge in [0.25, 0.3) is 0 Å². The zero-order valence-corrected chi connectivity index (χ0v) is 16.5. The van der Waals surface area contributed by atoms with E-state index < -0.39 is 5.60 Å². The highest BCUT2D eigenvalue weighted by Gasteiger charge is 2.28. The molecule has 0 spiro atoms. The summed E-state index contributed by atoms with van der Waals surface area (Å²) in [5.41, 5.74) is 0.324. The molecule has 2 atom stereocenters. The monoisotopic (exact) mass is 422 g/mol. The zero-order valence-electron chi connectivity index (χ0n) is 13.4. The summed E-state index contributed by atoms with van der Waals surface area (Å²) in [5.74, 6) is 0. The summed E-state index contributed by atoms with van der Waals surface area (Å²) in [7, 11) is 0. The smallest absolute Gasteiger partial charge is 0.407 e. The molecule has 0 aromatic heterocycles. The van der Waals surface area contributed by atoms with Gasteiger partial charge in [-0.25, -0.2) is 4.79 Å². The Kier molecular flexibility index (Phi) is 6.09. The maximum absolute atomic E-state index is 11.8. The first kappa shape index (κ1) is 18.7. The molecule has 2 unspecified atom stereocenters. The molecule has 1 aliphatic rings. The lowest BCUT2D eigenvalue weighted by Gasteiger charge is -2.22. The van der Waals surface area contributed by atoms with E-state index in [-0.39, 0.29) is 18.2 Å². The van der Waals surface area contributed by atoms with Crippen molar-refractivity contribution in [1.29, 1.82) is 0 Å². The quantitative estimate of drug-likeness (QED) is 0.620. The molecule has 0 bridgehead atoms. The van der Waals surface area contributed by atoms with Crippen molar-refractivity contribution in [3.05, 3.63) is 26.7 Å². The lowest BCUT2D eigenvalue weighted by Crippen LogP contribution is -2.38. The molecule has 128 valence electrons. The molecule has 2 rings (SSSR count). The fourth-order valence-corrected chi connectivity index (χ4v) is 3.40. The van der Waals surface area contributed by atoms with Gasteiger partial charge < -0.3 is 15.4 Å². The van der Waals surface area contributed by atoms with Gasteiger partial charge >= 0.3 is 6.09 Å². The highest BCUT2D eigenvalue weighted by Crippen LogP contribution is 2.37. The van der Waals surface area contributed by atoms with E-state index in [1.54, 1.807) is 0 Å². The van der Waals surface area contributed by atoms with Crippen LogP contribution in [0.2, 0.25) is 10.0 Å². The second kappa shape index (κ2) is 7.49. The van der Waals surface area contributed by atoms with Gasteiger partial charge in [0.1, 0.15) is 5.60 Å². The number of nitrogens with one attached hydrogen (secondary N) is 2. The summed E-state index contributed by atoms with van der Waals surface area (Å²) in [6.45, 7) is 5.56. The number of alkyl carbamates (subject to hydrolysis) is 1. The van der Waals surface area contributed by atoms with Crippen LogP contribution in [-0.2, 0) is 4.74 Å². The topological polar surface area (TPSA) is 50.4 Å². The van der Waals surface area contributed by atoms with Crippen molar-refractivity contribution >= 4 is 50.9 Å². The van der Waals surface area contributed by atoms with Gasteiger partial charge in [-0.1, -0.05) is 23.2 Å². The SMILES string of the molecule is CC(C)(C)OC(=O)NC1CCC(Nc2ccc(Br)c(Cl)c2Cl)C1. The predicted molar refractivity (Wildman–Crippen MR) is 98.6 cm³/mol. The van der Waals surface area contributed by atoms with Crippen LogP contribution in [0.1, 0.15) is 40.0 Å². The lowest BCUT2D eigenvalue weighted by atomic mass is 10.2. The van der Waals surface area contributed by atoms with Gasteiger partial charge in [-0.15, -0.1) is 0 Å². The van der Waals surface area contributed by atoms with E-state index in [4.69, 9.17) is 27.9 Å². The van der Waals surface area contributed by atoms with Crippen LogP contribution >= 0.6 is 39.1 Å². The van der Waals surface area contributed by atoms with Crippen LogP contribution in [0.15, 0.2) is 16.6 Å². The Bertz CT molecular complexity index is 590. The van der Waals surface area contributed by atoms with E-state index in [1.165, 1.54) is 0 Å². The van der Waals surface area contributed by atoms with Crippen LogP contribution in [0.3, 0.4) is 0 Å². The van der Waals surface area contributed by atoms with E-state index in [2.05, 4.69) is 26.6 Å². The van der Waals surface area contributed by atoms with Crippen molar-refractivity contribution in [2.75, 3.05) is 5.32 Å². The molecule has 1 aromatic carbocycles. The van der Waals surface area contributed by atoms with E-state index in [0.29, 0.717) is 10.0 Å². The molecular formula is C16H21BrCl2N2O2. The molecule has 0 heterocycles. The number of carbonyl (C=O) groups excluding carboxylic acids is 1. The fraction of sp³-hybridized carbons (Fsp3) is 0.562. The molecule has 0 saturated heterocycles. The summed E-state index contributed by atoms with van der Waals surface area (Å²) < 4.78 is 6.06. The molecule has 0 radical (unpaired) electrons. The van der Waals surface area contributed by atoms with Gasteiger partial charge in [0.15, 0.2) is 0 Å². The number of amides is 1. The van der Waals surface area contributed by atoms with E-state index in [9.17, 15) is 4.79 Å². The van der Waals surface area contributed by atoms with Crippen LogP contribution in [0, 0.1) is 0 Å². The third-order valence-corrected chi connectivity index (χ3v) is 5.32. The molecule has 1 aromatic rings. The molecule has 1 amide bonds. The number of ether oxygens (including phenoxy) is 1. The minimum Gasteiger partial charge on any atom is -0.444 e. The second-order valence-electron chi connectivity index (χ2n) is 6.72. The third kappa shape index (κ3) is 5.44. The Morgan fingerprint density at radius 3 is 2.52 bits per heavy atom. The van der Waals surface area contributed by atoms with Crippen molar-refractivity contribution in [2.45, 2.75) is 57.7 Å². The van der Waals surface area contributed by atoms with Crippen LogP contribution < -0.4 is 10.6 Å². The van der Waals surface area contributed by atoms with Crippen molar-refractivity contribution in [3.63, 3.8) is 0 Å². The van der Waals surface area contributed by atoms with Crippen LogP contribution in [0.5, 0.6) is 0 Å². The third-order valence-electron chi connectivity index (χ3n) is 3.55. The molecule has 4 nitrogen and oxygen atoms in total. The Morgan fingerprint density at radius 2 is 1.87 bits per heavy atom. The minimum atomic E-state index is -0.484. The van der Waals surface area contributed by atoms with E-state index in [1.807, 2.05) is 32.9 Å². The van der Waals surface area contributed by atoms with Crippen LogP contribution in [0.4, 0.5) is 10.5 Å². The molecule has 1 fully saturated rings. The summed E-state index contributed by atoms with van der Waals surface area (Å²) in [6.07, 6.45) is 2.31. The summed E-state index contributed by atoms with van der Waals surface area (Å²) in [5, 5.41) is 7.32. The molecule has 1 aliphatic carbocycles. The van der Waals surface area contributed by atoms with Crippen molar-refractivity contribution in [1.82, 2.24) is 5.32 Å². The molecule has 0 aliphatic heterocycles. The number of carbonyl (C=O) groups is 1. The van der Waals surface area contributed by atoms with Crippen molar-refractivity contribution in [3.8, 4) is 0 Å². The Labute approximate surface area is 155 Å². The number of anilines is 1. The number of benzene rings is 1. The minimum absolute atomic E-state index is 0.104. The van der Waals surface area contributed by atoms with Crippen LogP contribution in [-0.4, -0.2) is 23.8 Å². The second-order valence-corrected chi connectivity index (χ2v) is 8.33. The van der Waals surface area contributed by atoms with Gasteiger partial charge in [0, 0.05) is 16.6 Å². The first-order valence-electron chi connectivity index (χ1n) is 7.55. The van der Waals surface area contributed by atoms with E-state index >= 15 is 0 Å². The molecule has 7 heteroatoms. The Morgan fingerprint density at radius 1 is 1.22 bits per heavy atom. The first-order chi connectivity index (χ1) is 10.7. The largest absolute Gasteiger partial charge is 0.444 e. The highest BCUT2D eigenvalue weighted by molar-refractivity contribution is 9.10. The first-order valence-corrected chi connectivity index (χ1v) is 9.10. The van der Waals surface area contributed by atoms with Crippen LogP contribution in [0.25, 0.3) is 0 Å². The maximum Gasteiger partial charge on any atom is 0.407 e. The summed E-state index contributed by atoms with van der Waals surface area (Å²) in [4.78, 5) is 11.8. The molecular weight excluding hydrogens is 403 g/mol. The molecule has 1 saturated carbocycles. The van der Waals surface area contributed by atoms with Crippen molar-refractivity contribution < 1.29 is 9.53 Å². The van der Waals surface area contributed by atoms with E-state index in [0.717, 1.165) is 29.4 Å². The zero-order chi connectivity index (χ0) is 17.2. The molecule has 2 N–H and O–H groups in total. The average molecular weight is 424 g/mol. The van der Waals surface area contributed by atoms with Crippen molar-refractivity contribution in [2.24, 2.45) is 0 Å². The Hall–Kier alpha value is -0.650. The summed E-state index contributed by atoms with van der Waals surface area (Å²) in [6, 6.07) is 4.10. The standard InChI is InChI=1S/C16H21BrCl2N2O2/c1-16(2,3)23-15(22)21-10-5-4-9(8-10)20-12-7-6-11(17)13(18)14(12)19/h6-7,9-10,20H,4-5,8H2,1-3H3,(H,21,22). The number of hydrogen-bond acceptors (Lipinski definition) is 3. The average Bonchev–Trinajstić information content (AvgIpc) is 2.84.